The molecule has 0 bridgehead atoms. The van der Waals surface area contributed by atoms with E-state index in [9.17, 15) is 0 Å². The van der Waals surface area contributed by atoms with E-state index in [-0.39, 0.29) is 6.79 Å². The van der Waals surface area contributed by atoms with E-state index in [0.717, 1.165) is 27.6 Å². The first kappa shape index (κ1) is 12.8. The molecule has 1 heterocycles. The van der Waals surface area contributed by atoms with Crippen LogP contribution in [0.1, 0.15) is 11.1 Å². The van der Waals surface area contributed by atoms with Crippen LogP contribution in [-0.2, 0) is 6.54 Å². The molecule has 0 amide bonds. The van der Waals surface area contributed by atoms with Crippen LogP contribution in [0, 0.1) is 0 Å². The van der Waals surface area contributed by atoms with Gasteiger partial charge in [-0.15, -0.1) is 0 Å². The molecule has 0 saturated carbocycles. The molecule has 0 fully saturated rings. The maximum absolute atomic E-state index is 6.06. The average Bonchev–Trinajstić information content (AvgIpc) is 2.93. The van der Waals surface area contributed by atoms with Crippen LogP contribution in [0.15, 0.2) is 47.6 Å². The molecule has 0 spiro atoms. The molecule has 2 aromatic rings. The minimum absolute atomic E-state index is 0.278. The zero-order valence-electron chi connectivity index (χ0n) is 10.7. The second-order valence-electron chi connectivity index (χ2n) is 4.30. The summed E-state index contributed by atoms with van der Waals surface area (Å²) >= 11 is 6.06. The second kappa shape index (κ2) is 5.84. The van der Waals surface area contributed by atoms with E-state index in [1.165, 1.54) is 0 Å². The van der Waals surface area contributed by atoms with Gasteiger partial charge in [-0.25, -0.2) is 0 Å². The van der Waals surface area contributed by atoms with E-state index in [4.69, 9.17) is 21.1 Å². The smallest absolute Gasteiger partial charge is 0.231 e. The molecule has 4 nitrogen and oxygen atoms in total. The molecular weight excluding hydrogens is 276 g/mol. The molecule has 20 heavy (non-hydrogen) atoms. The number of hydrazone groups is 1. The third-order valence-corrected chi connectivity index (χ3v) is 3.30. The summed E-state index contributed by atoms with van der Waals surface area (Å²) in [5.74, 6) is 1.52. The van der Waals surface area contributed by atoms with Gasteiger partial charge in [0.25, 0.3) is 0 Å². The molecule has 0 aliphatic carbocycles. The highest BCUT2D eigenvalue weighted by molar-refractivity contribution is 6.31. The van der Waals surface area contributed by atoms with Crippen molar-refractivity contribution in [2.24, 2.45) is 5.10 Å². The summed E-state index contributed by atoms with van der Waals surface area (Å²) in [6, 6.07) is 13.4. The van der Waals surface area contributed by atoms with Crippen LogP contribution in [0.25, 0.3) is 0 Å². The monoisotopic (exact) mass is 288 g/mol. The van der Waals surface area contributed by atoms with E-state index >= 15 is 0 Å². The summed E-state index contributed by atoms with van der Waals surface area (Å²) in [4.78, 5) is 0. The zero-order chi connectivity index (χ0) is 13.8. The van der Waals surface area contributed by atoms with E-state index in [2.05, 4.69) is 10.5 Å². The number of rotatable bonds is 4. The fraction of sp³-hybridized carbons (Fsp3) is 0.133. The normalized spacial score (nSPS) is 12.8. The number of benzene rings is 2. The summed E-state index contributed by atoms with van der Waals surface area (Å²) < 4.78 is 10.6. The molecule has 5 heteroatoms. The van der Waals surface area contributed by atoms with Crippen molar-refractivity contribution < 1.29 is 9.47 Å². The fourth-order valence-corrected chi connectivity index (χ4v) is 2.09. The maximum atomic E-state index is 6.06. The predicted octanol–water partition coefficient (Wildman–Crippen LogP) is 3.19. The minimum atomic E-state index is 0.278. The van der Waals surface area contributed by atoms with Crippen molar-refractivity contribution in [2.45, 2.75) is 6.54 Å². The van der Waals surface area contributed by atoms with Crippen LogP contribution in [0.3, 0.4) is 0 Å². The van der Waals surface area contributed by atoms with Gasteiger partial charge < -0.3 is 14.9 Å². The molecule has 1 aliphatic rings. The maximum Gasteiger partial charge on any atom is 0.231 e. The first-order chi connectivity index (χ1) is 9.83. The van der Waals surface area contributed by atoms with Crippen molar-refractivity contribution in [1.29, 1.82) is 0 Å². The third kappa shape index (κ3) is 2.86. The SMILES string of the molecule is Clc1ccccc1CN/N=C\c1ccc2c(c1)OCO2. The molecule has 2 aromatic carbocycles. The Kier molecular flexibility index (Phi) is 3.74. The van der Waals surface area contributed by atoms with E-state index in [1.54, 1.807) is 6.21 Å². The van der Waals surface area contributed by atoms with Gasteiger partial charge in [-0.2, -0.15) is 5.10 Å². The fourth-order valence-electron chi connectivity index (χ4n) is 1.89. The van der Waals surface area contributed by atoms with Gasteiger partial charge in [0.05, 0.1) is 12.8 Å². The topological polar surface area (TPSA) is 42.9 Å². The molecule has 3 rings (SSSR count). The Bertz CT molecular complexity index is 644. The molecule has 1 aliphatic heterocycles. The first-order valence-corrected chi connectivity index (χ1v) is 6.60. The van der Waals surface area contributed by atoms with Crippen LogP contribution >= 0.6 is 11.6 Å². The van der Waals surface area contributed by atoms with Crippen molar-refractivity contribution >= 4 is 17.8 Å². The van der Waals surface area contributed by atoms with Crippen molar-refractivity contribution in [3.63, 3.8) is 0 Å². The lowest BCUT2D eigenvalue weighted by Gasteiger charge is -2.03. The van der Waals surface area contributed by atoms with Gasteiger partial charge >= 0.3 is 0 Å². The largest absolute Gasteiger partial charge is 0.454 e. The minimum Gasteiger partial charge on any atom is -0.454 e. The van der Waals surface area contributed by atoms with Gasteiger partial charge in [0, 0.05) is 5.02 Å². The van der Waals surface area contributed by atoms with Crippen molar-refractivity contribution in [1.82, 2.24) is 5.43 Å². The van der Waals surface area contributed by atoms with E-state index in [0.29, 0.717) is 6.54 Å². The molecule has 0 atom stereocenters. The lowest BCUT2D eigenvalue weighted by atomic mass is 10.2. The van der Waals surface area contributed by atoms with Crippen LogP contribution in [0.4, 0.5) is 0 Å². The molecule has 0 unspecified atom stereocenters. The van der Waals surface area contributed by atoms with Crippen LogP contribution in [0.5, 0.6) is 11.5 Å². The van der Waals surface area contributed by atoms with Crippen molar-refractivity contribution in [3.8, 4) is 11.5 Å². The number of hydrogen-bond acceptors (Lipinski definition) is 4. The highest BCUT2D eigenvalue weighted by atomic mass is 35.5. The summed E-state index contributed by atoms with van der Waals surface area (Å²) in [5.41, 5.74) is 4.93. The van der Waals surface area contributed by atoms with Crippen molar-refractivity contribution in [3.05, 3.63) is 58.6 Å². The Labute approximate surface area is 122 Å². The van der Waals surface area contributed by atoms with Gasteiger partial charge in [0.2, 0.25) is 6.79 Å². The lowest BCUT2D eigenvalue weighted by molar-refractivity contribution is 0.174. The molecule has 0 radical (unpaired) electrons. The Hall–Kier alpha value is -2.20. The highest BCUT2D eigenvalue weighted by Gasteiger charge is 2.12. The molecule has 102 valence electrons. The summed E-state index contributed by atoms with van der Waals surface area (Å²) in [6.07, 6.45) is 1.73. The number of nitrogens with one attached hydrogen (secondary N) is 1. The van der Waals surface area contributed by atoms with Gasteiger partial charge in [-0.05, 0) is 35.4 Å². The first-order valence-electron chi connectivity index (χ1n) is 6.22. The lowest BCUT2D eigenvalue weighted by Crippen LogP contribution is -2.05. The molecular formula is C15H13ClN2O2. The number of ether oxygens (including phenoxy) is 2. The average molecular weight is 289 g/mol. The number of fused-ring (bicyclic) bond motifs is 1. The Morgan fingerprint density at radius 3 is 2.90 bits per heavy atom. The Morgan fingerprint density at radius 1 is 1.15 bits per heavy atom. The number of halogens is 1. The number of nitrogens with zero attached hydrogens (tertiary/aromatic N) is 1. The standard InChI is InChI=1S/C15H13ClN2O2/c16-13-4-2-1-3-12(13)9-18-17-8-11-5-6-14-15(7-11)20-10-19-14/h1-8,18H,9-10H2/b17-8-. The van der Waals surface area contributed by atoms with Gasteiger partial charge in [-0.1, -0.05) is 29.8 Å². The van der Waals surface area contributed by atoms with Crippen LogP contribution in [-0.4, -0.2) is 13.0 Å². The van der Waals surface area contributed by atoms with Crippen LogP contribution in [0.2, 0.25) is 5.02 Å². The Morgan fingerprint density at radius 2 is 2.00 bits per heavy atom. The van der Waals surface area contributed by atoms with Crippen LogP contribution < -0.4 is 14.9 Å². The van der Waals surface area contributed by atoms with Gasteiger partial charge in [-0.3, -0.25) is 0 Å². The molecule has 1 N–H and O–H groups in total. The Balaban J connectivity index is 1.60. The zero-order valence-corrected chi connectivity index (χ0v) is 11.4. The number of hydrogen-bond donors (Lipinski definition) is 1. The van der Waals surface area contributed by atoms with Gasteiger partial charge in [0.1, 0.15) is 0 Å². The molecule has 0 aromatic heterocycles. The van der Waals surface area contributed by atoms with E-state index in [1.807, 2.05) is 42.5 Å². The summed E-state index contributed by atoms with van der Waals surface area (Å²) in [7, 11) is 0. The van der Waals surface area contributed by atoms with Gasteiger partial charge in [0.15, 0.2) is 11.5 Å². The quantitative estimate of drug-likeness (QED) is 0.694. The second-order valence-corrected chi connectivity index (χ2v) is 4.70. The summed E-state index contributed by atoms with van der Waals surface area (Å²) in [6.45, 7) is 0.863. The molecule has 0 saturated heterocycles. The predicted molar refractivity (Wildman–Crippen MR) is 78.5 cm³/mol. The third-order valence-electron chi connectivity index (χ3n) is 2.93. The highest BCUT2D eigenvalue weighted by Crippen LogP contribution is 2.31. The van der Waals surface area contributed by atoms with E-state index < -0.39 is 0 Å². The van der Waals surface area contributed by atoms with Crippen molar-refractivity contribution in [2.75, 3.05) is 6.79 Å². The summed E-state index contributed by atoms with van der Waals surface area (Å²) in [5, 5.41) is 4.91.